The molecule has 6 aromatic rings. The molecule has 0 unspecified atom stereocenters. The lowest BCUT2D eigenvalue weighted by atomic mass is 9.80. The zero-order chi connectivity index (χ0) is 27.3. The second-order valence-corrected chi connectivity index (χ2v) is 9.71. The van der Waals surface area contributed by atoms with Crippen molar-refractivity contribution in [2.24, 2.45) is 0 Å². The molecule has 0 spiro atoms. The van der Waals surface area contributed by atoms with Gasteiger partial charge in [-0.1, -0.05) is 115 Å². The smallest absolute Gasteiger partial charge is 0.423 e. The standard InChI is InChI=1S/C36H28BNO2/c39-37(40)33-18-22-35(23-19-33)38(34-20-16-30(17-21-34)27-10-4-1-5-11-27)36-25-31(28-12-6-2-7-13-28)24-32(26-36)29-14-8-3-9-15-29/h1-26,39-40H. The van der Waals surface area contributed by atoms with Crippen molar-refractivity contribution in [3.63, 3.8) is 0 Å². The van der Waals surface area contributed by atoms with Crippen LogP contribution in [-0.4, -0.2) is 17.2 Å². The molecule has 0 heterocycles. The van der Waals surface area contributed by atoms with Crippen molar-refractivity contribution in [2.45, 2.75) is 0 Å². The second-order valence-electron chi connectivity index (χ2n) is 9.71. The van der Waals surface area contributed by atoms with Crippen LogP contribution in [0.3, 0.4) is 0 Å². The predicted octanol–water partition coefficient (Wildman–Crippen LogP) is 7.84. The normalized spacial score (nSPS) is 10.8. The Hall–Kier alpha value is -4.90. The van der Waals surface area contributed by atoms with Crippen LogP contribution in [0.25, 0.3) is 33.4 Å². The van der Waals surface area contributed by atoms with Gasteiger partial charge >= 0.3 is 7.12 Å². The van der Waals surface area contributed by atoms with Gasteiger partial charge in [-0.3, -0.25) is 0 Å². The lowest BCUT2D eigenvalue weighted by Gasteiger charge is -2.27. The third-order valence-electron chi connectivity index (χ3n) is 7.07. The van der Waals surface area contributed by atoms with Gasteiger partial charge in [0.25, 0.3) is 0 Å². The highest BCUT2D eigenvalue weighted by atomic mass is 16.4. The van der Waals surface area contributed by atoms with E-state index in [1.165, 1.54) is 5.56 Å². The Balaban J connectivity index is 1.52. The molecular formula is C36H28BNO2. The molecule has 0 aliphatic heterocycles. The number of nitrogens with zero attached hydrogens (tertiary/aromatic N) is 1. The largest absolute Gasteiger partial charge is 0.488 e. The molecule has 2 N–H and O–H groups in total. The second kappa shape index (κ2) is 11.5. The Labute approximate surface area is 235 Å². The van der Waals surface area contributed by atoms with Gasteiger partial charge in [-0.05, 0) is 81.3 Å². The van der Waals surface area contributed by atoms with Crippen molar-refractivity contribution >= 4 is 29.6 Å². The summed E-state index contributed by atoms with van der Waals surface area (Å²) in [4.78, 5) is 2.21. The predicted molar refractivity (Wildman–Crippen MR) is 167 cm³/mol. The topological polar surface area (TPSA) is 43.7 Å². The van der Waals surface area contributed by atoms with Crippen molar-refractivity contribution in [3.05, 3.63) is 158 Å². The van der Waals surface area contributed by atoms with Gasteiger partial charge in [0.2, 0.25) is 0 Å². The summed E-state index contributed by atoms with van der Waals surface area (Å²) in [6.07, 6.45) is 0. The van der Waals surface area contributed by atoms with Crippen LogP contribution in [0.2, 0.25) is 0 Å². The first-order valence-corrected chi connectivity index (χ1v) is 13.3. The third-order valence-corrected chi connectivity index (χ3v) is 7.07. The van der Waals surface area contributed by atoms with E-state index in [9.17, 15) is 10.0 Å². The van der Waals surface area contributed by atoms with Crippen LogP contribution in [-0.2, 0) is 0 Å². The summed E-state index contributed by atoms with van der Waals surface area (Å²) in [5.41, 5.74) is 10.2. The van der Waals surface area contributed by atoms with E-state index in [2.05, 4.69) is 108 Å². The van der Waals surface area contributed by atoms with E-state index in [-0.39, 0.29) is 0 Å². The molecule has 0 aliphatic carbocycles. The monoisotopic (exact) mass is 517 g/mol. The molecule has 40 heavy (non-hydrogen) atoms. The molecule has 6 rings (SSSR count). The average molecular weight is 517 g/mol. The van der Waals surface area contributed by atoms with Crippen LogP contribution >= 0.6 is 0 Å². The van der Waals surface area contributed by atoms with Crippen molar-refractivity contribution < 1.29 is 10.0 Å². The molecule has 0 aliphatic rings. The van der Waals surface area contributed by atoms with Crippen LogP contribution in [0.5, 0.6) is 0 Å². The van der Waals surface area contributed by atoms with Crippen LogP contribution in [0, 0.1) is 0 Å². The highest BCUT2D eigenvalue weighted by Crippen LogP contribution is 2.40. The molecule has 4 heteroatoms. The van der Waals surface area contributed by atoms with Crippen molar-refractivity contribution in [2.75, 3.05) is 4.90 Å². The average Bonchev–Trinajstić information content (AvgIpc) is 3.03. The molecule has 6 aromatic carbocycles. The van der Waals surface area contributed by atoms with E-state index in [0.29, 0.717) is 5.46 Å². The molecule has 0 aromatic heterocycles. The van der Waals surface area contributed by atoms with E-state index in [1.807, 2.05) is 42.5 Å². The van der Waals surface area contributed by atoms with Crippen LogP contribution in [0.1, 0.15) is 0 Å². The molecule has 0 atom stereocenters. The first kappa shape index (κ1) is 25.4. The maximum atomic E-state index is 9.69. The summed E-state index contributed by atoms with van der Waals surface area (Å²) in [6.45, 7) is 0. The lowest BCUT2D eigenvalue weighted by Crippen LogP contribution is -2.29. The van der Waals surface area contributed by atoms with Gasteiger partial charge in [-0.15, -0.1) is 0 Å². The highest BCUT2D eigenvalue weighted by molar-refractivity contribution is 6.58. The number of rotatable bonds is 7. The molecule has 0 amide bonds. The Morgan fingerprint density at radius 2 is 0.725 bits per heavy atom. The fourth-order valence-electron chi connectivity index (χ4n) is 5.01. The minimum Gasteiger partial charge on any atom is -0.423 e. The summed E-state index contributed by atoms with van der Waals surface area (Å²) < 4.78 is 0. The molecule has 0 fully saturated rings. The van der Waals surface area contributed by atoms with Gasteiger partial charge in [0, 0.05) is 17.1 Å². The summed E-state index contributed by atoms with van der Waals surface area (Å²) in [7, 11) is -1.52. The number of anilines is 3. The van der Waals surface area contributed by atoms with E-state index >= 15 is 0 Å². The van der Waals surface area contributed by atoms with E-state index in [4.69, 9.17) is 0 Å². The Bertz CT molecular complexity index is 1630. The fourth-order valence-corrected chi connectivity index (χ4v) is 5.01. The first-order valence-electron chi connectivity index (χ1n) is 13.3. The van der Waals surface area contributed by atoms with Crippen LogP contribution < -0.4 is 10.4 Å². The minimum absolute atomic E-state index is 0.450. The summed E-state index contributed by atoms with van der Waals surface area (Å²) in [6, 6.07) is 53.7. The molecule has 0 bridgehead atoms. The van der Waals surface area contributed by atoms with Crippen molar-refractivity contribution in [3.8, 4) is 33.4 Å². The quantitative estimate of drug-likeness (QED) is 0.212. The van der Waals surface area contributed by atoms with Gasteiger partial charge < -0.3 is 14.9 Å². The van der Waals surface area contributed by atoms with Crippen LogP contribution in [0.15, 0.2) is 158 Å². The van der Waals surface area contributed by atoms with Gasteiger partial charge in [-0.2, -0.15) is 0 Å². The molecule has 0 saturated carbocycles. The summed E-state index contributed by atoms with van der Waals surface area (Å²) in [5.74, 6) is 0. The molecular weight excluding hydrogens is 489 g/mol. The van der Waals surface area contributed by atoms with Gasteiger partial charge in [-0.25, -0.2) is 0 Å². The molecule has 0 saturated heterocycles. The number of hydrogen-bond acceptors (Lipinski definition) is 3. The SMILES string of the molecule is OB(O)c1ccc(N(c2ccc(-c3ccccc3)cc2)c2cc(-c3ccccc3)cc(-c3ccccc3)c2)cc1. The highest BCUT2D eigenvalue weighted by Gasteiger charge is 2.17. The van der Waals surface area contributed by atoms with Crippen molar-refractivity contribution in [1.82, 2.24) is 0 Å². The Morgan fingerprint density at radius 1 is 0.350 bits per heavy atom. The third kappa shape index (κ3) is 5.45. The van der Waals surface area contributed by atoms with Crippen molar-refractivity contribution in [1.29, 1.82) is 0 Å². The number of benzene rings is 6. The zero-order valence-corrected chi connectivity index (χ0v) is 21.9. The Kier molecular flexibility index (Phi) is 7.27. The minimum atomic E-state index is -1.52. The zero-order valence-electron chi connectivity index (χ0n) is 21.9. The maximum Gasteiger partial charge on any atom is 0.488 e. The van der Waals surface area contributed by atoms with Gasteiger partial charge in [0.1, 0.15) is 0 Å². The Morgan fingerprint density at radius 3 is 1.15 bits per heavy atom. The molecule has 3 nitrogen and oxygen atoms in total. The molecule has 0 radical (unpaired) electrons. The number of hydrogen-bond donors (Lipinski definition) is 2. The summed E-state index contributed by atoms with van der Waals surface area (Å²) >= 11 is 0. The van der Waals surface area contributed by atoms with Gasteiger partial charge in [0.15, 0.2) is 0 Å². The van der Waals surface area contributed by atoms with Gasteiger partial charge in [0.05, 0.1) is 0 Å². The van der Waals surface area contributed by atoms with E-state index in [1.54, 1.807) is 12.1 Å². The fraction of sp³-hybridized carbons (Fsp3) is 0. The first-order chi connectivity index (χ1) is 19.7. The molecule has 192 valence electrons. The van der Waals surface area contributed by atoms with E-state index in [0.717, 1.165) is 44.9 Å². The summed E-state index contributed by atoms with van der Waals surface area (Å²) in [5, 5.41) is 19.4. The lowest BCUT2D eigenvalue weighted by molar-refractivity contribution is 0.426. The van der Waals surface area contributed by atoms with E-state index < -0.39 is 7.12 Å². The maximum absolute atomic E-state index is 9.69. The van der Waals surface area contributed by atoms with Crippen LogP contribution in [0.4, 0.5) is 17.1 Å².